The van der Waals surface area contributed by atoms with Crippen LogP contribution in [0, 0.1) is 11.6 Å². The Morgan fingerprint density at radius 3 is 2.64 bits per heavy atom. The highest BCUT2D eigenvalue weighted by Crippen LogP contribution is 2.24. The maximum Gasteiger partial charge on any atom is 0.184 e. The highest BCUT2D eigenvalue weighted by Gasteiger charge is 2.19. The summed E-state index contributed by atoms with van der Waals surface area (Å²) in [6, 6.07) is 12.6. The van der Waals surface area contributed by atoms with Crippen LogP contribution in [0.15, 0.2) is 47.6 Å². The molecule has 0 bridgehead atoms. The molecule has 0 spiro atoms. The number of rotatable bonds is 5. The SMILES string of the molecule is NC(=S)NN=Cc1cc(F)c(N2CCCN(Cc3ccccc3)CC2)cc1F. The van der Waals surface area contributed by atoms with Gasteiger partial charge < -0.3 is 10.6 Å². The number of benzene rings is 2. The summed E-state index contributed by atoms with van der Waals surface area (Å²) in [4.78, 5) is 4.24. The molecule has 0 atom stereocenters. The first kappa shape index (κ1) is 20.2. The third-order valence-electron chi connectivity index (χ3n) is 4.62. The molecule has 5 nitrogen and oxygen atoms in total. The lowest BCUT2D eigenvalue weighted by molar-refractivity contribution is 0.285. The van der Waals surface area contributed by atoms with Gasteiger partial charge in [-0.25, -0.2) is 8.78 Å². The van der Waals surface area contributed by atoms with Crippen LogP contribution in [-0.4, -0.2) is 42.4 Å². The molecule has 8 heteroatoms. The van der Waals surface area contributed by atoms with Crippen molar-refractivity contribution >= 4 is 29.2 Å². The molecule has 0 saturated carbocycles. The van der Waals surface area contributed by atoms with Crippen LogP contribution >= 0.6 is 12.2 Å². The van der Waals surface area contributed by atoms with E-state index in [4.69, 9.17) is 5.73 Å². The Hall–Kier alpha value is -2.58. The zero-order valence-electron chi connectivity index (χ0n) is 15.4. The average molecular weight is 404 g/mol. The Morgan fingerprint density at radius 1 is 1.11 bits per heavy atom. The zero-order valence-corrected chi connectivity index (χ0v) is 16.3. The average Bonchev–Trinajstić information content (AvgIpc) is 2.90. The number of hydrogen-bond donors (Lipinski definition) is 2. The Labute approximate surface area is 168 Å². The van der Waals surface area contributed by atoms with Crippen LogP contribution in [-0.2, 0) is 6.54 Å². The summed E-state index contributed by atoms with van der Waals surface area (Å²) in [6.07, 6.45) is 2.04. The van der Waals surface area contributed by atoms with Gasteiger partial charge in [0.05, 0.1) is 11.9 Å². The fourth-order valence-electron chi connectivity index (χ4n) is 3.27. The first-order chi connectivity index (χ1) is 13.5. The molecular formula is C20H23F2N5S. The molecule has 1 heterocycles. The second-order valence-electron chi connectivity index (χ2n) is 6.66. The predicted octanol–water partition coefficient (Wildman–Crippen LogP) is 2.84. The van der Waals surface area contributed by atoms with Crippen LogP contribution in [0.1, 0.15) is 17.5 Å². The number of halogens is 2. The van der Waals surface area contributed by atoms with Crippen molar-refractivity contribution in [3.05, 3.63) is 65.2 Å². The molecule has 0 radical (unpaired) electrons. The van der Waals surface area contributed by atoms with Gasteiger partial charge in [0.15, 0.2) is 5.11 Å². The van der Waals surface area contributed by atoms with E-state index in [0.717, 1.165) is 38.3 Å². The number of anilines is 1. The maximum absolute atomic E-state index is 14.6. The largest absolute Gasteiger partial charge is 0.375 e. The van der Waals surface area contributed by atoms with Gasteiger partial charge in [0.1, 0.15) is 11.6 Å². The van der Waals surface area contributed by atoms with E-state index in [1.165, 1.54) is 11.6 Å². The van der Waals surface area contributed by atoms with Crippen molar-refractivity contribution in [1.29, 1.82) is 0 Å². The normalized spacial score (nSPS) is 15.6. The summed E-state index contributed by atoms with van der Waals surface area (Å²) < 4.78 is 29.0. The van der Waals surface area contributed by atoms with E-state index in [1.54, 1.807) is 0 Å². The van der Waals surface area contributed by atoms with Gasteiger partial charge in [0.2, 0.25) is 0 Å². The van der Waals surface area contributed by atoms with Crippen molar-refractivity contribution in [3.8, 4) is 0 Å². The molecule has 1 saturated heterocycles. The highest BCUT2D eigenvalue weighted by atomic mass is 32.1. The summed E-state index contributed by atoms with van der Waals surface area (Å²) in [5.41, 5.74) is 9.14. The lowest BCUT2D eigenvalue weighted by Crippen LogP contribution is -2.31. The molecule has 0 aromatic heterocycles. The van der Waals surface area contributed by atoms with Gasteiger partial charge in [-0.2, -0.15) is 5.10 Å². The summed E-state index contributed by atoms with van der Waals surface area (Å²) >= 11 is 4.61. The number of thiocarbonyl (C=S) groups is 1. The Kier molecular flexibility index (Phi) is 6.89. The van der Waals surface area contributed by atoms with E-state index in [9.17, 15) is 8.78 Å². The minimum Gasteiger partial charge on any atom is -0.375 e. The fourth-order valence-corrected chi connectivity index (χ4v) is 3.32. The van der Waals surface area contributed by atoms with Gasteiger partial charge >= 0.3 is 0 Å². The van der Waals surface area contributed by atoms with Crippen molar-refractivity contribution in [2.45, 2.75) is 13.0 Å². The molecule has 0 amide bonds. The molecule has 3 N–H and O–H groups in total. The summed E-state index contributed by atoms with van der Waals surface area (Å²) in [5.74, 6) is -1.02. The second-order valence-corrected chi connectivity index (χ2v) is 7.10. The van der Waals surface area contributed by atoms with Crippen molar-refractivity contribution in [3.63, 3.8) is 0 Å². The van der Waals surface area contributed by atoms with Gasteiger partial charge in [0.25, 0.3) is 0 Å². The number of nitrogens with one attached hydrogen (secondary N) is 1. The number of hydrogen-bond acceptors (Lipinski definition) is 4. The van der Waals surface area contributed by atoms with E-state index < -0.39 is 11.6 Å². The second kappa shape index (κ2) is 9.57. The Morgan fingerprint density at radius 2 is 1.89 bits per heavy atom. The molecule has 0 aliphatic carbocycles. The molecular weight excluding hydrogens is 380 g/mol. The number of nitrogens with two attached hydrogens (primary N) is 1. The van der Waals surface area contributed by atoms with Crippen LogP contribution < -0.4 is 16.1 Å². The molecule has 2 aromatic rings. The smallest absolute Gasteiger partial charge is 0.184 e. The third kappa shape index (κ3) is 5.46. The summed E-state index contributed by atoms with van der Waals surface area (Å²) in [6.45, 7) is 3.89. The molecule has 0 unspecified atom stereocenters. The van der Waals surface area contributed by atoms with Crippen LogP contribution in [0.5, 0.6) is 0 Å². The molecule has 148 valence electrons. The van der Waals surface area contributed by atoms with Crippen molar-refractivity contribution in [1.82, 2.24) is 10.3 Å². The Bertz CT molecular complexity index is 844. The van der Waals surface area contributed by atoms with Crippen molar-refractivity contribution in [2.24, 2.45) is 10.8 Å². The van der Waals surface area contributed by atoms with Crippen LogP contribution in [0.2, 0.25) is 0 Å². The fraction of sp³-hybridized carbons (Fsp3) is 0.300. The molecule has 1 aliphatic rings. The van der Waals surface area contributed by atoms with Crippen LogP contribution in [0.3, 0.4) is 0 Å². The van der Waals surface area contributed by atoms with Crippen molar-refractivity contribution < 1.29 is 8.78 Å². The van der Waals surface area contributed by atoms with Gasteiger partial charge in [-0.3, -0.25) is 10.3 Å². The Balaban J connectivity index is 1.67. The van der Waals surface area contributed by atoms with Crippen LogP contribution in [0.25, 0.3) is 0 Å². The topological polar surface area (TPSA) is 56.9 Å². The van der Waals surface area contributed by atoms with E-state index in [2.05, 4.69) is 39.8 Å². The van der Waals surface area contributed by atoms with Gasteiger partial charge in [0, 0.05) is 44.4 Å². The maximum atomic E-state index is 14.6. The summed E-state index contributed by atoms with van der Waals surface area (Å²) in [5, 5.41) is 3.64. The monoisotopic (exact) mass is 403 g/mol. The quantitative estimate of drug-likeness (QED) is 0.457. The van der Waals surface area contributed by atoms with E-state index in [0.29, 0.717) is 13.1 Å². The predicted molar refractivity (Wildman–Crippen MR) is 112 cm³/mol. The van der Waals surface area contributed by atoms with Gasteiger partial charge in [-0.15, -0.1) is 0 Å². The highest BCUT2D eigenvalue weighted by molar-refractivity contribution is 7.80. The van der Waals surface area contributed by atoms with E-state index in [1.807, 2.05) is 23.1 Å². The van der Waals surface area contributed by atoms with Gasteiger partial charge in [-0.05, 0) is 30.3 Å². The van der Waals surface area contributed by atoms with Crippen LogP contribution in [0.4, 0.5) is 14.5 Å². The third-order valence-corrected chi connectivity index (χ3v) is 4.71. The zero-order chi connectivity index (χ0) is 19.9. The minimum absolute atomic E-state index is 0.0329. The van der Waals surface area contributed by atoms with E-state index >= 15 is 0 Å². The first-order valence-corrected chi connectivity index (χ1v) is 9.52. The lowest BCUT2D eigenvalue weighted by Gasteiger charge is -2.24. The summed E-state index contributed by atoms with van der Waals surface area (Å²) in [7, 11) is 0. The number of nitrogens with zero attached hydrogens (tertiary/aromatic N) is 3. The molecule has 1 aliphatic heterocycles. The molecule has 28 heavy (non-hydrogen) atoms. The van der Waals surface area contributed by atoms with Gasteiger partial charge in [-0.1, -0.05) is 30.3 Å². The molecule has 3 rings (SSSR count). The lowest BCUT2D eigenvalue weighted by atomic mass is 10.1. The molecule has 1 fully saturated rings. The van der Waals surface area contributed by atoms with Crippen molar-refractivity contribution in [2.75, 3.05) is 31.1 Å². The number of hydrazone groups is 1. The minimum atomic E-state index is -0.546. The molecule has 2 aromatic carbocycles. The first-order valence-electron chi connectivity index (χ1n) is 9.11. The standard InChI is InChI=1S/C20H23F2N5S/c21-17-12-19(18(22)11-16(17)13-24-25-20(23)28)27-8-4-7-26(9-10-27)14-15-5-2-1-3-6-15/h1-3,5-6,11-13H,4,7-10,14H2,(H3,23,25,28). The van der Waals surface area contributed by atoms with E-state index in [-0.39, 0.29) is 16.4 Å².